The molecule has 0 bridgehead atoms. The van der Waals surface area contributed by atoms with Crippen molar-refractivity contribution < 1.29 is 0 Å². The predicted octanol–water partition coefficient (Wildman–Crippen LogP) is 3.78. The van der Waals surface area contributed by atoms with Gasteiger partial charge in [-0.2, -0.15) is 0 Å². The average molecular weight is 164 g/mol. The second-order valence-corrected chi connectivity index (χ2v) is 4.72. The van der Waals surface area contributed by atoms with Gasteiger partial charge in [-0.05, 0) is 37.0 Å². The van der Waals surface area contributed by atoms with Crippen LogP contribution in [0.4, 0.5) is 0 Å². The molecule has 2 aliphatic carbocycles. The molecule has 68 valence electrons. The Balaban J connectivity index is 2.01. The molecule has 2 unspecified atom stereocenters. The smallest absolute Gasteiger partial charge is 0.0111 e. The monoisotopic (exact) mass is 164 g/mol. The molecule has 0 saturated heterocycles. The van der Waals surface area contributed by atoms with E-state index in [0.717, 1.165) is 17.8 Å². The fourth-order valence-electron chi connectivity index (χ4n) is 2.80. The van der Waals surface area contributed by atoms with Crippen molar-refractivity contribution >= 4 is 0 Å². The lowest BCUT2D eigenvalue weighted by Gasteiger charge is -2.01. The van der Waals surface area contributed by atoms with Gasteiger partial charge in [0.1, 0.15) is 0 Å². The first-order chi connectivity index (χ1) is 5.80. The molecule has 0 nitrogen and oxygen atoms in total. The Hall–Kier alpha value is -0.260. The van der Waals surface area contributed by atoms with Gasteiger partial charge in [0, 0.05) is 0 Å². The predicted molar refractivity (Wildman–Crippen MR) is 53.0 cm³/mol. The molecule has 1 saturated carbocycles. The molecule has 0 aromatic carbocycles. The molecule has 0 N–H and O–H groups in total. The zero-order valence-electron chi connectivity index (χ0n) is 8.34. The molecule has 0 heterocycles. The van der Waals surface area contributed by atoms with Crippen LogP contribution in [0.2, 0.25) is 0 Å². The minimum atomic E-state index is 0.888. The molecule has 0 amide bonds. The van der Waals surface area contributed by atoms with E-state index in [1.165, 1.54) is 32.1 Å². The van der Waals surface area contributed by atoms with Crippen LogP contribution in [0.3, 0.4) is 0 Å². The minimum Gasteiger partial charge on any atom is -0.0847 e. The second kappa shape index (κ2) is 3.24. The summed E-state index contributed by atoms with van der Waals surface area (Å²) < 4.78 is 0. The van der Waals surface area contributed by atoms with Gasteiger partial charge in [-0.15, -0.1) is 0 Å². The quantitative estimate of drug-likeness (QED) is 0.517. The van der Waals surface area contributed by atoms with Crippen molar-refractivity contribution in [2.75, 3.05) is 0 Å². The molecule has 0 spiro atoms. The number of hydrogen-bond acceptors (Lipinski definition) is 0. The zero-order chi connectivity index (χ0) is 8.55. The van der Waals surface area contributed by atoms with Gasteiger partial charge < -0.3 is 0 Å². The van der Waals surface area contributed by atoms with Crippen LogP contribution >= 0.6 is 0 Å². The summed E-state index contributed by atoms with van der Waals surface area (Å²) in [5.74, 6) is 2.87. The van der Waals surface area contributed by atoms with Gasteiger partial charge in [0.05, 0.1) is 0 Å². The first kappa shape index (κ1) is 8.34. The van der Waals surface area contributed by atoms with E-state index in [1.807, 2.05) is 5.57 Å². The third-order valence-corrected chi connectivity index (χ3v) is 3.45. The van der Waals surface area contributed by atoms with Crippen LogP contribution in [0.15, 0.2) is 11.6 Å². The standard InChI is InChI=1S/C12H20/c1-9(2)12-10-7-5-3-4-6-8-11(10)12/h7,9,11-12H,3-6,8H2,1-2H3. The summed E-state index contributed by atoms with van der Waals surface area (Å²) in [5, 5.41) is 0. The maximum Gasteiger partial charge on any atom is -0.0111 e. The molecule has 12 heavy (non-hydrogen) atoms. The molecule has 0 aromatic heterocycles. The number of allylic oxidation sites excluding steroid dienone is 2. The van der Waals surface area contributed by atoms with Crippen molar-refractivity contribution in [1.29, 1.82) is 0 Å². The van der Waals surface area contributed by atoms with E-state index >= 15 is 0 Å². The Kier molecular flexibility index (Phi) is 2.25. The summed E-state index contributed by atoms with van der Waals surface area (Å²) in [6.45, 7) is 4.74. The Bertz CT molecular complexity index is 188. The maximum absolute atomic E-state index is 2.54. The first-order valence-electron chi connectivity index (χ1n) is 5.50. The van der Waals surface area contributed by atoms with Crippen LogP contribution in [0.5, 0.6) is 0 Å². The number of rotatable bonds is 1. The summed E-state index contributed by atoms with van der Waals surface area (Å²) in [7, 11) is 0. The summed E-state index contributed by atoms with van der Waals surface area (Å²) >= 11 is 0. The van der Waals surface area contributed by atoms with Gasteiger partial charge in [-0.3, -0.25) is 0 Å². The minimum absolute atomic E-state index is 0.888. The van der Waals surface area contributed by atoms with Gasteiger partial charge in [0.15, 0.2) is 0 Å². The normalized spacial score (nSPS) is 35.1. The molecular weight excluding hydrogens is 144 g/mol. The van der Waals surface area contributed by atoms with Crippen LogP contribution in [0, 0.1) is 17.8 Å². The molecule has 2 aliphatic rings. The van der Waals surface area contributed by atoms with E-state index in [0.29, 0.717) is 0 Å². The molecule has 0 aromatic rings. The molecule has 0 aliphatic heterocycles. The largest absolute Gasteiger partial charge is 0.0847 e. The lowest BCUT2D eigenvalue weighted by atomic mass is 10.0. The fourth-order valence-corrected chi connectivity index (χ4v) is 2.80. The van der Waals surface area contributed by atoms with E-state index in [4.69, 9.17) is 0 Å². The molecule has 0 heteroatoms. The van der Waals surface area contributed by atoms with Gasteiger partial charge >= 0.3 is 0 Å². The summed E-state index contributed by atoms with van der Waals surface area (Å²) in [4.78, 5) is 0. The first-order valence-corrected chi connectivity index (χ1v) is 5.50. The Morgan fingerprint density at radius 1 is 1.25 bits per heavy atom. The van der Waals surface area contributed by atoms with E-state index in [2.05, 4.69) is 19.9 Å². The molecule has 0 radical (unpaired) electrons. The highest BCUT2D eigenvalue weighted by Gasteiger charge is 2.44. The Morgan fingerprint density at radius 3 is 2.83 bits per heavy atom. The second-order valence-electron chi connectivity index (χ2n) is 4.72. The van der Waals surface area contributed by atoms with Crippen molar-refractivity contribution in [3.63, 3.8) is 0 Å². The third kappa shape index (κ3) is 1.44. The van der Waals surface area contributed by atoms with Gasteiger partial charge in [0.2, 0.25) is 0 Å². The van der Waals surface area contributed by atoms with Gasteiger partial charge in [-0.25, -0.2) is 0 Å². The van der Waals surface area contributed by atoms with E-state index in [1.54, 1.807) is 0 Å². The summed E-state index contributed by atoms with van der Waals surface area (Å²) in [6.07, 6.45) is 9.75. The van der Waals surface area contributed by atoms with Crippen LogP contribution in [-0.4, -0.2) is 0 Å². The maximum atomic E-state index is 2.54. The molecule has 1 fully saturated rings. The van der Waals surface area contributed by atoms with Crippen molar-refractivity contribution in [1.82, 2.24) is 0 Å². The number of fused-ring (bicyclic) bond motifs is 1. The molecular formula is C12H20. The molecule has 2 rings (SSSR count). The molecule has 2 atom stereocenters. The van der Waals surface area contributed by atoms with Crippen LogP contribution in [0.1, 0.15) is 46.0 Å². The SMILES string of the molecule is CC(C)C1C2=CCCCCCC21. The van der Waals surface area contributed by atoms with Gasteiger partial charge in [-0.1, -0.05) is 38.3 Å². The highest BCUT2D eigenvalue weighted by Crippen LogP contribution is 2.54. The Labute approximate surface area is 76.1 Å². The van der Waals surface area contributed by atoms with Crippen LogP contribution < -0.4 is 0 Å². The van der Waals surface area contributed by atoms with Crippen molar-refractivity contribution in [3.8, 4) is 0 Å². The van der Waals surface area contributed by atoms with Crippen LogP contribution in [0.25, 0.3) is 0 Å². The van der Waals surface area contributed by atoms with Crippen molar-refractivity contribution in [3.05, 3.63) is 11.6 Å². The highest BCUT2D eigenvalue weighted by molar-refractivity contribution is 5.30. The lowest BCUT2D eigenvalue weighted by molar-refractivity contribution is 0.490. The van der Waals surface area contributed by atoms with Crippen LogP contribution in [-0.2, 0) is 0 Å². The zero-order valence-corrected chi connectivity index (χ0v) is 8.34. The average Bonchev–Trinajstić information content (AvgIpc) is 2.60. The van der Waals surface area contributed by atoms with Gasteiger partial charge in [0.25, 0.3) is 0 Å². The third-order valence-electron chi connectivity index (χ3n) is 3.45. The topological polar surface area (TPSA) is 0 Å². The summed E-state index contributed by atoms with van der Waals surface area (Å²) in [5.41, 5.74) is 1.81. The van der Waals surface area contributed by atoms with E-state index < -0.39 is 0 Å². The van der Waals surface area contributed by atoms with Crippen molar-refractivity contribution in [2.45, 2.75) is 46.0 Å². The van der Waals surface area contributed by atoms with Crippen molar-refractivity contribution in [2.24, 2.45) is 17.8 Å². The highest BCUT2D eigenvalue weighted by atomic mass is 14.5. The summed E-state index contributed by atoms with van der Waals surface area (Å²) in [6, 6.07) is 0. The van der Waals surface area contributed by atoms with E-state index in [9.17, 15) is 0 Å². The van der Waals surface area contributed by atoms with E-state index in [-0.39, 0.29) is 0 Å². The Morgan fingerprint density at radius 2 is 2.08 bits per heavy atom. The lowest BCUT2D eigenvalue weighted by Crippen LogP contribution is -1.92. The number of hydrogen-bond donors (Lipinski definition) is 0. The fraction of sp³-hybridized carbons (Fsp3) is 0.833.